The molecule has 0 aliphatic carbocycles. The number of hydrogen-bond donors (Lipinski definition) is 0. The van der Waals surface area contributed by atoms with Crippen molar-refractivity contribution in [2.75, 3.05) is 39.8 Å². The van der Waals surface area contributed by atoms with E-state index in [1.807, 2.05) is 41.6 Å². The van der Waals surface area contributed by atoms with Crippen molar-refractivity contribution in [2.24, 2.45) is 0 Å². The van der Waals surface area contributed by atoms with Crippen LogP contribution < -0.4 is 4.74 Å². The standard InChI is InChI=1S/C23H25N3O2/c1-17-7-8-24-15-22(17)20-4-3-19-14-21(6-5-18(19)13-20)28-16-23(27)26-11-9-25(2)10-12-26/h3-8,13-15H,9-12,16H2,1-2H3. The molecule has 1 aliphatic heterocycles. The van der Waals surface area contributed by atoms with Gasteiger partial charge in [0.2, 0.25) is 0 Å². The summed E-state index contributed by atoms with van der Waals surface area (Å²) in [5.74, 6) is 0.774. The minimum absolute atomic E-state index is 0.0515. The first-order valence-corrected chi connectivity index (χ1v) is 9.64. The summed E-state index contributed by atoms with van der Waals surface area (Å²) in [4.78, 5) is 20.7. The monoisotopic (exact) mass is 375 g/mol. The van der Waals surface area contributed by atoms with E-state index >= 15 is 0 Å². The fraction of sp³-hybridized carbons (Fsp3) is 0.304. The van der Waals surface area contributed by atoms with Crippen LogP contribution in [0.5, 0.6) is 5.75 Å². The second-order valence-electron chi connectivity index (χ2n) is 7.39. The smallest absolute Gasteiger partial charge is 0.260 e. The Morgan fingerprint density at radius 3 is 2.57 bits per heavy atom. The summed E-state index contributed by atoms with van der Waals surface area (Å²) >= 11 is 0. The zero-order valence-electron chi connectivity index (χ0n) is 16.4. The van der Waals surface area contributed by atoms with Crippen LogP contribution in [0, 0.1) is 6.92 Å². The van der Waals surface area contributed by atoms with Crippen LogP contribution in [0.4, 0.5) is 0 Å². The summed E-state index contributed by atoms with van der Waals surface area (Å²) < 4.78 is 5.78. The number of carbonyl (C=O) groups is 1. The SMILES string of the molecule is Cc1ccncc1-c1ccc2cc(OCC(=O)N3CCN(C)CC3)ccc2c1. The van der Waals surface area contributed by atoms with E-state index < -0.39 is 0 Å². The second kappa shape index (κ2) is 7.98. The fourth-order valence-corrected chi connectivity index (χ4v) is 3.54. The number of carbonyl (C=O) groups excluding carboxylic acids is 1. The molecule has 0 saturated carbocycles. The summed E-state index contributed by atoms with van der Waals surface area (Å²) in [5, 5.41) is 2.23. The highest BCUT2D eigenvalue weighted by molar-refractivity contribution is 5.88. The van der Waals surface area contributed by atoms with E-state index in [0.717, 1.165) is 53.8 Å². The Balaban J connectivity index is 1.45. The number of benzene rings is 2. The molecule has 28 heavy (non-hydrogen) atoms. The molecule has 2 aromatic carbocycles. The molecule has 144 valence electrons. The van der Waals surface area contributed by atoms with E-state index in [9.17, 15) is 4.79 Å². The first kappa shape index (κ1) is 18.4. The van der Waals surface area contributed by atoms with E-state index in [1.54, 1.807) is 0 Å². The van der Waals surface area contributed by atoms with Gasteiger partial charge in [0.25, 0.3) is 5.91 Å². The zero-order chi connectivity index (χ0) is 19.5. The van der Waals surface area contributed by atoms with E-state index in [-0.39, 0.29) is 12.5 Å². The van der Waals surface area contributed by atoms with Crippen molar-refractivity contribution in [3.63, 3.8) is 0 Å². The van der Waals surface area contributed by atoms with E-state index in [2.05, 4.69) is 42.1 Å². The van der Waals surface area contributed by atoms with Gasteiger partial charge in [-0.1, -0.05) is 18.2 Å². The maximum absolute atomic E-state index is 12.4. The van der Waals surface area contributed by atoms with Crippen LogP contribution >= 0.6 is 0 Å². The molecule has 1 amide bonds. The third kappa shape index (κ3) is 3.99. The lowest BCUT2D eigenvalue weighted by molar-refractivity contribution is -0.134. The van der Waals surface area contributed by atoms with Crippen molar-refractivity contribution >= 4 is 16.7 Å². The minimum atomic E-state index is 0.0515. The van der Waals surface area contributed by atoms with Crippen LogP contribution in [0.25, 0.3) is 21.9 Å². The summed E-state index contributed by atoms with van der Waals surface area (Å²) in [6.45, 7) is 5.55. The first-order valence-electron chi connectivity index (χ1n) is 9.64. The summed E-state index contributed by atoms with van der Waals surface area (Å²) in [5.41, 5.74) is 3.50. The number of hydrogen-bond acceptors (Lipinski definition) is 4. The summed E-state index contributed by atoms with van der Waals surface area (Å²) in [6.07, 6.45) is 3.71. The van der Waals surface area contributed by atoms with E-state index in [4.69, 9.17) is 4.74 Å². The lowest BCUT2D eigenvalue weighted by Crippen LogP contribution is -2.48. The predicted octanol–water partition coefficient (Wildman–Crippen LogP) is 3.36. The highest BCUT2D eigenvalue weighted by Crippen LogP contribution is 2.28. The molecule has 0 bridgehead atoms. The number of ether oxygens (including phenoxy) is 1. The van der Waals surface area contributed by atoms with Gasteiger partial charge < -0.3 is 14.5 Å². The lowest BCUT2D eigenvalue weighted by atomic mass is 9.99. The molecular formula is C23H25N3O2. The maximum Gasteiger partial charge on any atom is 0.260 e. The zero-order valence-corrected chi connectivity index (χ0v) is 16.4. The number of pyridine rings is 1. The third-order valence-corrected chi connectivity index (χ3v) is 5.38. The number of amides is 1. The number of piperazine rings is 1. The van der Waals surface area contributed by atoms with Crippen molar-refractivity contribution in [3.8, 4) is 16.9 Å². The number of nitrogens with zero attached hydrogens (tertiary/aromatic N) is 3. The van der Waals surface area contributed by atoms with Crippen molar-refractivity contribution < 1.29 is 9.53 Å². The first-order chi connectivity index (χ1) is 13.6. The van der Waals surface area contributed by atoms with E-state index in [0.29, 0.717) is 0 Å². The molecule has 0 N–H and O–H groups in total. The Labute approximate surface area is 165 Å². The van der Waals surface area contributed by atoms with Crippen LogP contribution in [0.1, 0.15) is 5.56 Å². The minimum Gasteiger partial charge on any atom is -0.484 e. The number of fused-ring (bicyclic) bond motifs is 1. The summed E-state index contributed by atoms with van der Waals surface area (Å²) in [7, 11) is 2.08. The molecule has 5 heteroatoms. The molecule has 0 atom stereocenters. The third-order valence-electron chi connectivity index (χ3n) is 5.38. The molecule has 0 radical (unpaired) electrons. The van der Waals surface area contributed by atoms with E-state index in [1.165, 1.54) is 5.56 Å². The maximum atomic E-state index is 12.4. The van der Waals surface area contributed by atoms with Crippen molar-refractivity contribution in [2.45, 2.75) is 6.92 Å². The molecule has 1 aromatic heterocycles. The quantitative estimate of drug-likeness (QED) is 0.701. The molecule has 5 nitrogen and oxygen atoms in total. The lowest BCUT2D eigenvalue weighted by Gasteiger charge is -2.32. The molecule has 1 fully saturated rings. The number of aromatic nitrogens is 1. The average molecular weight is 375 g/mol. The molecule has 3 aromatic rings. The van der Waals surface area contributed by atoms with Crippen LogP contribution in [-0.2, 0) is 4.79 Å². The molecule has 2 heterocycles. The molecule has 1 saturated heterocycles. The highest BCUT2D eigenvalue weighted by atomic mass is 16.5. The largest absolute Gasteiger partial charge is 0.484 e. The number of likely N-dealkylation sites (N-methyl/N-ethyl adjacent to an activating group) is 1. The van der Waals surface area contributed by atoms with Gasteiger partial charge in [-0.3, -0.25) is 9.78 Å². The van der Waals surface area contributed by atoms with Gasteiger partial charge in [0.05, 0.1) is 0 Å². The van der Waals surface area contributed by atoms with Crippen LogP contribution in [0.15, 0.2) is 54.9 Å². The molecular weight excluding hydrogens is 350 g/mol. The molecule has 0 spiro atoms. The number of rotatable bonds is 4. The van der Waals surface area contributed by atoms with Gasteiger partial charge in [-0.25, -0.2) is 0 Å². The Hall–Kier alpha value is -2.92. The molecule has 4 rings (SSSR count). The Morgan fingerprint density at radius 2 is 1.79 bits per heavy atom. The van der Waals surface area contributed by atoms with Gasteiger partial charge >= 0.3 is 0 Å². The second-order valence-corrected chi connectivity index (χ2v) is 7.39. The Morgan fingerprint density at radius 1 is 1.04 bits per heavy atom. The van der Waals surface area contributed by atoms with Crippen LogP contribution in [0.3, 0.4) is 0 Å². The fourth-order valence-electron chi connectivity index (χ4n) is 3.54. The van der Waals surface area contributed by atoms with Gasteiger partial charge in [-0.15, -0.1) is 0 Å². The van der Waals surface area contributed by atoms with Crippen molar-refractivity contribution in [3.05, 3.63) is 60.4 Å². The summed E-state index contributed by atoms with van der Waals surface area (Å²) in [6, 6.07) is 14.3. The van der Waals surface area contributed by atoms with Gasteiger partial charge in [0.1, 0.15) is 5.75 Å². The normalized spacial score (nSPS) is 15.0. The topological polar surface area (TPSA) is 45.7 Å². The van der Waals surface area contributed by atoms with Crippen LogP contribution in [-0.4, -0.2) is 60.5 Å². The molecule has 0 unspecified atom stereocenters. The highest BCUT2D eigenvalue weighted by Gasteiger charge is 2.19. The predicted molar refractivity (Wildman–Crippen MR) is 111 cm³/mol. The van der Waals surface area contributed by atoms with Gasteiger partial charge in [-0.05, 0) is 60.1 Å². The Kier molecular flexibility index (Phi) is 5.26. The van der Waals surface area contributed by atoms with Gasteiger partial charge in [0.15, 0.2) is 6.61 Å². The Bertz CT molecular complexity index is 994. The van der Waals surface area contributed by atoms with Crippen molar-refractivity contribution in [1.82, 2.24) is 14.8 Å². The van der Waals surface area contributed by atoms with Gasteiger partial charge in [-0.2, -0.15) is 0 Å². The van der Waals surface area contributed by atoms with Crippen LogP contribution in [0.2, 0.25) is 0 Å². The average Bonchev–Trinajstić information content (AvgIpc) is 2.72. The molecule has 1 aliphatic rings. The van der Waals surface area contributed by atoms with Crippen molar-refractivity contribution in [1.29, 1.82) is 0 Å². The van der Waals surface area contributed by atoms with Gasteiger partial charge in [0, 0.05) is 44.1 Å². The number of aryl methyl sites for hydroxylation is 1.